The van der Waals surface area contributed by atoms with Gasteiger partial charge in [0.1, 0.15) is 46.5 Å². The lowest BCUT2D eigenvalue weighted by Gasteiger charge is -2.42. The Kier molecular flexibility index (Phi) is 33.1. The molecule has 1 nitrogen and oxygen atoms in total. The van der Waals surface area contributed by atoms with Crippen molar-refractivity contribution in [3.63, 3.8) is 0 Å². The lowest BCUT2D eigenvalue weighted by Crippen LogP contribution is -3.09. The number of benzene rings is 4. The summed E-state index contributed by atoms with van der Waals surface area (Å²) in [4.78, 5) is 1.78. The zero-order chi connectivity index (χ0) is 62.0. The minimum absolute atomic E-state index is 1.37. The Morgan fingerprint density at radius 1 is 0.193 bits per heavy atom. The molecule has 0 unspecified atom stereocenters. The molecule has 0 heterocycles. The largest absolute Gasteiger partial charge is 0.337 e. The molecule has 22 heteroatoms. The van der Waals surface area contributed by atoms with Crippen LogP contribution in [0.3, 0.4) is 0 Å². The SMILES string of the molecule is CCCCCCCCCCCCCCCCCC[NH+](C)CCCCCCCCCCCCCCCCCC.Fc1c(F)c(F)[c]([Al-]([c]2c(F)c(F)c(F)c(F)c2F)([c]2c(F)c(F)c(F)c(F)c2F)[c]2c(F)c(F)c(F)c(F)c2F)c(F)c1F. The summed E-state index contributed by atoms with van der Waals surface area (Å²) in [5.41, 5.74) is 0. The number of nitrogens with one attached hydrogen (secondary N) is 1. The number of hydrogen-bond acceptors (Lipinski definition) is 0. The van der Waals surface area contributed by atoms with Gasteiger partial charge in [0, 0.05) is 0 Å². The van der Waals surface area contributed by atoms with E-state index in [9.17, 15) is 52.7 Å². The van der Waals surface area contributed by atoms with E-state index in [1.54, 1.807) is 4.90 Å². The highest BCUT2D eigenvalue weighted by molar-refractivity contribution is 7.20. The van der Waals surface area contributed by atoms with Crippen molar-refractivity contribution < 1.29 is 92.7 Å². The average molecular weight is 1230 g/mol. The minimum atomic E-state index is -9.08. The van der Waals surface area contributed by atoms with Crippen LogP contribution >= 0.6 is 0 Å². The number of halogens is 20. The molecule has 470 valence electrons. The maximum Gasteiger partial charge on any atom is 0.300 e. The number of hydrogen-bond donors (Lipinski definition) is 1. The van der Waals surface area contributed by atoms with E-state index in [1.807, 2.05) is 0 Å². The van der Waals surface area contributed by atoms with Crippen molar-refractivity contribution >= 4 is 30.8 Å². The maximum absolute atomic E-state index is 15.4. The van der Waals surface area contributed by atoms with E-state index in [0.29, 0.717) is 0 Å². The molecular formula is C61H78AlF20N. The van der Waals surface area contributed by atoms with Crippen LogP contribution in [0, 0.1) is 116 Å². The van der Waals surface area contributed by atoms with Crippen LogP contribution in [-0.2, 0) is 0 Å². The van der Waals surface area contributed by atoms with Gasteiger partial charge < -0.3 is 4.90 Å². The van der Waals surface area contributed by atoms with Gasteiger partial charge in [0.25, 0.3) is 0 Å². The molecule has 0 saturated heterocycles. The first-order chi connectivity index (χ1) is 39.5. The average Bonchev–Trinajstić information content (AvgIpc) is 0.782. The number of unbranched alkanes of at least 4 members (excludes halogenated alkanes) is 30. The van der Waals surface area contributed by atoms with Gasteiger partial charge in [-0.15, -0.1) is 17.7 Å². The van der Waals surface area contributed by atoms with Crippen molar-refractivity contribution in [2.75, 3.05) is 20.1 Å². The molecule has 1 N–H and O–H groups in total. The minimum Gasteiger partial charge on any atom is -0.337 e. The second-order valence-electron chi connectivity index (χ2n) is 21.9. The molecular weight excluding hydrogens is 1150 g/mol. The lowest BCUT2D eigenvalue weighted by molar-refractivity contribution is -0.880. The van der Waals surface area contributed by atoms with Crippen LogP contribution in [0.5, 0.6) is 0 Å². The van der Waals surface area contributed by atoms with E-state index in [0.717, 1.165) is 0 Å². The Bertz CT molecular complexity index is 2210. The van der Waals surface area contributed by atoms with Crippen LogP contribution in [0.2, 0.25) is 0 Å². The molecule has 4 rings (SSSR count). The molecule has 0 amide bonds. The standard InChI is InChI=1S/C37H77N.4C6F5.Al/c1-4-6-8-10-12-14-16-18-20-22-24-26-28-30-32-34-36-38(3)37-35-33-31-29-27-25-23-21-19-17-15-13-11-9-7-5-2;4*7-2-1-3(8)5(10)6(11)4(2)9;/h4-37H2,1-3H3;;;;;/q;;;;;-1/p+1. The number of rotatable bonds is 38. The van der Waals surface area contributed by atoms with Crippen LogP contribution in [0.1, 0.15) is 219 Å². The molecule has 83 heavy (non-hydrogen) atoms. The predicted molar refractivity (Wildman–Crippen MR) is 285 cm³/mol. The maximum atomic E-state index is 15.4. The van der Waals surface area contributed by atoms with E-state index in [1.165, 1.54) is 219 Å². The molecule has 0 fully saturated rings. The highest BCUT2D eigenvalue weighted by atomic mass is 27.2. The highest BCUT2D eigenvalue weighted by Gasteiger charge is 2.55. The quantitative estimate of drug-likeness (QED) is 0.0150. The summed E-state index contributed by atoms with van der Waals surface area (Å²) >= 11 is -9.08. The van der Waals surface area contributed by atoms with Gasteiger partial charge in [-0.25, -0.2) is 87.8 Å². The molecule has 0 radical (unpaired) electrons. The first-order valence-electron chi connectivity index (χ1n) is 29.6. The summed E-state index contributed by atoms with van der Waals surface area (Å²) in [6.07, 6.45) is 47.0. The van der Waals surface area contributed by atoms with Gasteiger partial charge in [0.15, 0.2) is 69.8 Å². The second-order valence-corrected chi connectivity index (χ2v) is 25.9. The first kappa shape index (κ1) is 73.2. The Morgan fingerprint density at radius 3 is 0.458 bits per heavy atom. The molecule has 4 aromatic carbocycles. The van der Waals surface area contributed by atoms with Gasteiger partial charge in [-0.1, -0.05) is 194 Å². The molecule has 0 aromatic heterocycles. The van der Waals surface area contributed by atoms with Crippen molar-refractivity contribution in [3.05, 3.63) is 116 Å². The summed E-state index contributed by atoms with van der Waals surface area (Å²) in [5, 5.41) is 0. The van der Waals surface area contributed by atoms with Crippen LogP contribution in [-0.4, -0.2) is 33.2 Å². The smallest absolute Gasteiger partial charge is 0.300 e. The van der Waals surface area contributed by atoms with E-state index < -0.39 is 147 Å². The molecule has 0 aliphatic heterocycles. The van der Waals surface area contributed by atoms with Crippen LogP contribution in [0.15, 0.2) is 0 Å². The van der Waals surface area contributed by atoms with Gasteiger partial charge in [0.05, 0.1) is 20.1 Å². The van der Waals surface area contributed by atoms with Gasteiger partial charge in [-0.05, 0) is 25.7 Å². The normalized spacial score (nSPS) is 11.9. The molecule has 0 bridgehead atoms. The zero-order valence-corrected chi connectivity index (χ0v) is 48.8. The first-order valence-corrected chi connectivity index (χ1v) is 31.9. The van der Waals surface area contributed by atoms with E-state index in [-0.39, 0.29) is 0 Å². The summed E-state index contributed by atoms with van der Waals surface area (Å²) < 4.78 is 280. The predicted octanol–water partition coefficient (Wildman–Crippen LogP) is 17.9. The monoisotopic (exact) mass is 1230 g/mol. The van der Waals surface area contributed by atoms with Crippen molar-refractivity contribution in [2.24, 2.45) is 0 Å². The van der Waals surface area contributed by atoms with Crippen molar-refractivity contribution in [2.45, 2.75) is 219 Å². The summed E-state index contributed by atoms with van der Waals surface area (Å²) in [6, 6.07) is 0. The molecule has 0 atom stereocenters. The van der Waals surface area contributed by atoms with Crippen molar-refractivity contribution in [1.29, 1.82) is 0 Å². The van der Waals surface area contributed by atoms with E-state index >= 15 is 35.1 Å². The van der Waals surface area contributed by atoms with E-state index in [2.05, 4.69) is 20.9 Å². The Hall–Kier alpha value is -4.03. The summed E-state index contributed by atoms with van der Waals surface area (Å²) in [5.74, 6) is -70.8. The third kappa shape index (κ3) is 19.5. The van der Waals surface area contributed by atoms with Crippen LogP contribution in [0.4, 0.5) is 87.8 Å². The lowest BCUT2D eigenvalue weighted by atomic mass is 10.0. The van der Waals surface area contributed by atoms with Gasteiger partial charge in [-0.3, -0.25) is 0 Å². The van der Waals surface area contributed by atoms with E-state index in [4.69, 9.17) is 0 Å². The molecule has 0 aliphatic carbocycles. The highest BCUT2D eigenvalue weighted by Crippen LogP contribution is 2.31. The molecule has 4 aromatic rings. The summed E-state index contributed by atoms with van der Waals surface area (Å²) in [7, 11) is 2.43. The third-order valence-electron chi connectivity index (χ3n) is 15.6. The van der Waals surface area contributed by atoms with Gasteiger partial charge >= 0.3 is 13.1 Å². The second kappa shape index (κ2) is 37.5. The van der Waals surface area contributed by atoms with Crippen molar-refractivity contribution in [3.8, 4) is 0 Å². The topological polar surface area (TPSA) is 4.44 Å². The fourth-order valence-electron chi connectivity index (χ4n) is 10.9. The Balaban J connectivity index is 0.000000443. The van der Waals surface area contributed by atoms with Crippen molar-refractivity contribution in [1.82, 2.24) is 0 Å². The third-order valence-corrected chi connectivity index (χ3v) is 21.1. The molecule has 0 saturated carbocycles. The Labute approximate surface area is 477 Å². The van der Waals surface area contributed by atoms with Gasteiger partial charge in [0.2, 0.25) is 0 Å². The fraction of sp³-hybridized carbons (Fsp3) is 0.607. The van der Waals surface area contributed by atoms with Crippen LogP contribution in [0.25, 0.3) is 0 Å². The van der Waals surface area contributed by atoms with Gasteiger partial charge in [-0.2, -0.15) is 0 Å². The number of quaternary nitrogens is 1. The molecule has 0 spiro atoms. The molecule has 0 aliphatic rings. The summed E-state index contributed by atoms with van der Waals surface area (Å²) in [6.45, 7) is 7.42. The van der Waals surface area contributed by atoms with Crippen LogP contribution < -0.4 is 22.6 Å². The Morgan fingerprint density at radius 2 is 0.313 bits per heavy atom. The fourth-order valence-corrected chi connectivity index (χ4v) is 16.7. The zero-order valence-electron chi connectivity index (χ0n) is 47.7.